The number of nitrogens with one attached hydrogen (secondary N) is 1. The van der Waals surface area contributed by atoms with E-state index in [2.05, 4.69) is 5.32 Å². The summed E-state index contributed by atoms with van der Waals surface area (Å²) in [4.78, 5) is 29.0. The molecule has 0 atom stereocenters. The van der Waals surface area contributed by atoms with Gasteiger partial charge in [0.05, 0.1) is 11.3 Å². The number of urea groups is 1. The average molecular weight is 386 g/mol. The van der Waals surface area contributed by atoms with E-state index in [1.165, 1.54) is 0 Å². The summed E-state index contributed by atoms with van der Waals surface area (Å²) in [6.07, 6.45) is 2.06. The summed E-state index contributed by atoms with van der Waals surface area (Å²) in [7, 11) is 1.72. The first-order chi connectivity index (χ1) is 13.0. The predicted molar refractivity (Wildman–Crippen MR) is 108 cm³/mol. The van der Waals surface area contributed by atoms with Crippen LogP contribution in [-0.4, -0.2) is 41.9 Å². The number of aryl methyl sites for hydroxylation is 1. The van der Waals surface area contributed by atoms with Crippen LogP contribution in [0.2, 0.25) is 5.02 Å². The molecule has 1 aliphatic heterocycles. The van der Waals surface area contributed by atoms with E-state index in [0.717, 1.165) is 37.1 Å². The summed E-state index contributed by atoms with van der Waals surface area (Å²) in [5, 5.41) is 3.53. The molecule has 142 valence electrons. The molecule has 1 saturated heterocycles. The number of hydrogen-bond acceptors (Lipinski definition) is 2. The van der Waals surface area contributed by atoms with Gasteiger partial charge in [-0.15, -0.1) is 0 Å². The van der Waals surface area contributed by atoms with Gasteiger partial charge >= 0.3 is 6.03 Å². The van der Waals surface area contributed by atoms with Crippen LogP contribution in [-0.2, 0) is 6.54 Å². The molecule has 0 spiro atoms. The third kappa shape index (κ3) is 4.61. The van der Waals surface area contributed by atoms with Crippen molar-refractivity contribution in [3.05, 3.63) is 64.2 Å². The van der Waals surface area contributed by atoms with Crippen LogP contribution in [0.15, 0.2) is 42.5 Å². The fourth-order valence-electron chi connectivity index (χ4n) is 3.33. The highest BCUT2D eigenvalue weighted by atomic mass is 35.5. The summed E-state index contributed by atoms with van der Waals surface area (Å²) in [6.45, 7) is 3.87. The Morgan fingerprint density at radius 2 is 1.85 bits per heavy atom. The molecule has 3 rings (SSSR count). The van der Waals surface area contributed by atoms with E-state index in [-0.39, 0.29) is 11.9 Å². The van der Waals surface area contributed by atoms with Gasteiger partial charge in [-0.25, -0.2) is 4.79 Å². The molecule has 3 amide bonds. The third-order valence-corrected chi connectivity index (χ3v) is 5.01. The van der Waals surface area contributed by atoms with Crippen LogP contribution in [0.25, 0.3) is 0 Å². The Bertz CT molecular complexity index is 847. The van der Waals surface area contributed by atoms with E-state index in [0.29, 0.717) is 22.8 Å². The molecule has 0 aromatic heterocycles. The zero-order chi connectivity index (χ0) is 19.4. The fourth-order valence-corrected chi connectivity index (χ4v) is 3.54. The standard InChI is InChI=1S/C21H24ClN3O2/c1-15-7-5-10-18(19(15)20(26)25-11-3-4-12-25)23-21(27)24(2)14-16-8-6-9-17(22)13-16/h5-10,13H,3-4,11-12,14H2,1-2H3,(H,23,27). The van der Waals surface area contributed by atoms with E-state index in [4.69, 9.17) is 11.6 Å². The Labute approximate surface area is 164 Å². The minimum atomic E-state index is -0.268. The lowest BCUT2D eigenvalue weighted by atomic mass is 10.1. The number of likely N-dealkylation sites (tertiary alicyclic amines) is 1. The number of benzene rings is 2. The molecule has 27 heavy (non-hydrogen) atoms. The lowest BCUT2D eigenvalue weighted by Crippen LogP contribution is -2.33. The van der Waals surface area contributed by atoms with E-state index in [9.17, 15) is 9.59 Å². The Morgan fingerprint density at radius 1 is 1.15 bits per heavy atom. The van der Waals surface area contributed by atoms with Gasteiger partial charge < -0.3 is 15.1 Å². The lowest BCUT2D eigenvalue weighted by Gasteiger charge is -2.22. The second kappa shape index (κ2) is 8.44. The molecule has 5 nitrogen and oxygen atoms in total. The van der Waals surface area contributed by atoms with E-state index in [1.807, 2.05) is 42.2 Å². The third-order valence-electron chi connectivity index (χ3n) is 4.78. The minimum Gasteiger partial charge on any atom is -0.339 e. The highest BCUT2D eigenvalue weighted by Crippen LogP contribution is 2.24. The van der Waals surface area contributed by atoms with Crippen molar-refractivity contribution in [3.8, 4) is 0 Å². The molecule has 0 saturated carbocycles. The van der Waals surface area contributed by atoms with E-state index in [1.54, 1.807) is 24.1 Å². The van der Waals surface area contributed by atoms with Gasteiger partial charge in [-0.3, -0.25) is 4.79 Å². The Morgan fingerprint density at radius 3 is 2.56 bits per heavy atom. The summed E-state index contributed by atoms with van der Waals surface area (Å²) in [5.41, 5.74) is 2.93. The first-order valence-corrected chi connectivity index (χ1v) is 9.49. The first-order valence-electron chi connectivity index (χ1n) is 9.11. The second-order valence-corrected chi connectivity index (χ2v) is 7.35. The quantitative estimate of drug-likeness (QED) is 0.839. The summed E-state index contributed by atoms with van der Waals surface area (Å²) in [6, 6.07) is 12.7. The van der Waals surface area contributed by atoms with Crippen molar-refractivity contribution < 1.29 is 9.59 Å². The van der Waals surface area contributed by atoms with Crippen LogP contribution >= 0.6 is 11.6 Å². The average Bonchev–Trinajstić information content (AvgIpc) is 3.16. The highest BCUT2D eigenvalue weighted by molar-refractivity contribution is 6.30. The summed E-state index contributed by atoms with van der Waals surface area (Å²) >= 11 is 6.01. The van der Waals surface area contributed by atoms with Crippen LogP contribution < -0.4 is 5.32 Å². The number of nitrogens with zero attached hydrogens (tertiary/aromatic N) is 2. The minimum absolute atomic E-state index is 0.0154. The molecule has 1 fully saturated rings. The van der Waals surface area contributed by atoms with Crippen LogP contribution in [0.3, 0.4) is 0 Å². The van der Waals surface area contributed by atoms with Crippen LogP contribution in [0.4, 0.5) is 10.5 Å². The van der Waals surface area contributed by atoms with Gasteiger partial charge in [0.1, 0.15) is 0 Å². The molecule has 2 aromatic rings. The van der Waals surface area contributed by atoms with Crippen molar-refractivity contribution in [3.63, 3.8) is 0 Å². The van der Waals surface area contributed by atoms with E-state index < -0.39 is 0 Å². The van der Waals surface area contributed by atoms with Gasteiger partial charge in [0, 0.05) is 31.7 Å². The molecular weight excluding hydrogens is 362 g/mol. The second-order valence-electron chi connectivity index (χ2n) is 6.91. The largest absolute Gasteiger partial charge is 0.339 e. The van der Waals surface area contributed by atoms with Crippen LogP contribution in [0.1, 0.15) is 34.3 Å². The molecule has 1 aliphatic rings. The molecule has 0 aliphatic carbocycles. The highest BCUT2D eigenvalue weighted by Gasteiger charge is 2.24. The molecule has 1 heterocycles. The number of amides is 3. The number of carbonyl (C=O) groups is 2. The van der Waals surface area contributed by atoms with Crippen molar-refractivity contribution in [2.45, 2.75) is 26.3 Å². The lowest BCUT2D eigenvalue weighted by molar-refractivity contribution is 0.0793. The van der Waals surface area contributed by atoms with Crippen molar-refractivity contribution in [1.29, 1.82) is 0 Å². The SMILES string of the molecule is Cc1cccc(NC(=O)N(C)Cc2cccc(Cl)c2)c1C(=O)N1CCCC1. The topological polar surface area (TPSA) is 52.7 Å². The van der Waals surface area contributed by atoms with Crippen molar-refractivity contribution in [2.24, 2.45) is 0 Å². The van der Waals surface area contributed by atoms with E-state index >= 15 is 0 Å². The Balaban J connectivity index is 1.75. The van der Waals surface area contributed by atoms with Gasteiger partial charge in [-0.1, -0.05) is 35.9 Å². The van der Waals surface area contributed by atoms with Crippen LogP contribution in [0, 0.1) is 6.92 Å². The predicted octanol–water partition coefficient (Wildman–Crippen LogP) is 4.55. The Hall–Kier alpha value is -2.53. The Kier molecular flexibility index (Phi) is 6.01. The molecular formula is C21H24ClN3O2. The van der Waals surface area contributed by atoms with Gasteiger partial charge in [-0.05, 0) is 49.1 Å². The number of rotatable bonds is 4. The van der Waals surface area contributed by atoms with Crippen molar-refractivity contribution in [2.75, 3.05) is 25.5 Å². The summed E-state index contributed by atoms with van der Waals surface area (Å²) < 4.78 is 0. The van der Waals surface area contributed by atoms with Gasteiger partial charge in [0.25, 0.3) is 5.91 Å². The monoisotopic (exact) mass is 385 g/mol. The maximum absolute atomic E-state index is 12.9. The number of anilines is 1. The fraction of sp³-hybridized carbons (Fsp3) is 0.333. The maximum Gasteiger partial charge on any atom is 0.321 e. The zero-order valence-corrected chi connectivity index (χ0v) is 16.4. The molecule has 0 unspecified atom stereocenters. The maximum atomic E-state index is 12.9. The van der Waals surface area contributed by atoms with Gasteiger partial charge in [-0.2, -0.15) is 0 Å². The van der Waals surface area contributed by atoms with Gasteiger partial charge in [0.2, 0.25) is 0 Å². The molecule has 1 N–H and O–H groups in total. The normalized spacial score (nSPS) is 13.5. The van der Waals surface area contributed by atoms with Gasteiger partial charge in [0.15, 0.2) is 0 Å². The molecule has 0 radical (unpaired) electrons. The number of hydrogen-bond donors (Lipinski definition) is 1. The molecule has 2 aromatic carbocycles. The van der Waals surface area contributed by atoms with Crippen molar-refractivity contribution >= 4 is 29.2 Å². The smallest absolute Gasteiger partial charge is 0.321 e. The number of halogens is 1. The van der Waals surface area contributed by atoms with Crippen molar-refractivity contribution in [1.82, 2.24) is 9.80 Å². The summed E-state index contributed by atoms with van der Waals surface area (Å²) in [5.74, 6) is -0.0154. The number of carbonyl (C=O) groups excluding carboxylic acids is 2. The zero-order valence-electron chi connectivity index (χ0n) is 15.7. The molecule has 0 bridgehead atoms. The van der Waals surface area contributed by atoms with Crippen LogP contribution in [0.5, 0.6) is 0 Å². The molecule has 6 heteroatoms. The first kappa shape index (κ1) is 19.2.